The van der Waals surface area contributed by atoms with Crippen LogP contribution in [0.15, 0.2) is 48.6 Å². The van der Waals surface area contributed by atoms with Crippen molar-refractivity contribution in [2.75, 3.05) is 6.61 Å². The molecule has 1 heteroatoms. The van der Waals surface area contributed by atoms with E-state index in [1.807, 2.05) is 19.1 Å². The molecule has 2 saturated carbocycles. The second-order valence-electron chi connectivity index (χ2n) is 9.50. The van der Waals surface area contributed by atoms with Gasteiger partial charge in [-0.1, -0.05) is 69.0 Å². The first-order valence-corrected chi connectivity index (χ1v) is 12.0. The Bertz CT molecular complexity index is 820. The highest BCUT2D eigenvalue weighted by atomic mass is 16.5. The van der Waals surface area contributed by atoms with Crippen molar-refractivity contribution < 1.29 is 4.74 Å². The van der Waals surface area contributed by atoms with Crippen molar-refractivity contribution in [3.8, 4) is 5.75 Å². The lowest BCUT2D eigenvalue weighted by atomic mass is 9.63. The van der Waals surface area contributed by atoms with E-state index in [4.69, 9.17) is 4.74 Å². The van der Waals surface area contributed by atoms with Crippen LogP contribution in [-0.2, 0) is 0 Å². The summed E-state index contributed by atoms with van der Waals surface area (Å²) in [7, 11) is 0. The fraction of sp³-hybridized carbons (Fsp3) is 0.571. The fourth-order valence-electron chi connectivity index (χ4n) is 5.87. The summed E-state index contributed by atoms with van der Waals surface area (Å²) >= 11 is 0. The monoisotopic (exact) mass is 390 g/mol. The molecule has 2 aromatic carbocycles. The van der Waals surface area contributed by atoms with E-state index < -0.39 is 0 Å². The van der Waals surface area contributed by atoms with Crippen molar-refractivity contribution in [2.24, 2.45) is 17.8 Å². The Morgan fingerprint density at radius 2 is 1.72 bits per heavy atom. The Labute approximate surface area is 177 Å². The van der Waals surface area contributed by atoms with Gasteiger partial charge in [0, 0.05) is 0 Å². The highest BCUT2D eigenvalue weighted by Crippen LogP contribution is 2.48. The lowest BCUT2D eigenvalue weighted by Crippen LogP contribution is -2.30. The normalized spacial score (nSPS) is 27.2. The molecule has 4 unspecified atom stereocenters. The summed E-state index contributed by atoms with van der Waals surface area (Å²) < 4.78 is 5.81. The number of fused-ring (bicyclic) bond motifs is 2. The molecule has 0 aliphatic heterocycles. The van der Waals surface area contributed by atoms with Crippen molar-refractivity contribution in [1.29, 1.82) is 0 Å². The number of benzene rings is 2. The zero-order valence-corrected chi connectivity index (χ0v) is 18.4. The molecule has 2 aromatic rings. The molecule has 0 radical (unpaired) electrons. The predicted molar refractivity (Wildman–Crippen MR) is 125 cm³/mol. The lowest BCUT2D eigenvalue weighted by molar-refractivity contribution is 0.113. The van der Waals surface area contributed by atoms with Gasteiger partial charge in [-0.2, -0.15) is 0 Å². The number of hydrogen-bond donors (Lipinski definition) is 0. The first kappa shape index (κ1) is 20.5. The lowest BCUT2D eigenvalue weighted by Gasteiger charge is -2.42. The maximum atomic E-state index is 5.81. The van der Waals surface area contributed by atoms with E-state index >= 15 is 0 Å². The summed E-state index contributed by atoms with van der Waals surface area (Å²) in [6.07, 6.45) is 17.1. The summed E-state index contributed by atoms with van der Waals surface area (Å²) in [5.41, 5.74) is 1.56. The summed E-state index contributed by atoms with van der Waals surface area (Å²) in [6, 6.07) is 13.7. The Hall–Kier alpha value is -1.76. The number of unbranched alkanes of at least 4 members (excludes halogenated alkanes) is 1. The summed E-state index contributed by atoms with van der Waals surface area (Å²) in [5, 5.41) is 2.64. The van der Waals surface area contributed by atoms with Crippen molar-refractivity contribution in [3.05, 3.63) is 54.1 Å². The molecule has 1 nitrogen and oxygen atoms in total. The molecule has 0 N–H and O–H groups in total. The highest BCUT2D eigenvalue weighted by molar-refractivity contribution is 5.84. The van der Waals surface area contributed by atoms with Crippen LogP contribution in [-0.4, -0.2) is 6.61 Å². The predicted octanol–water partition coefficient (Wildman–Crippen LogP) is 8.28. The highest BCUT2D eigenvalue weighted by Gasteiger charge is 2.35. The number of ether oxygens (including phenoxy) is 1. The van der Waals surface area contributed by atoms with Crippen LogP contribution in [0, 0.1) is 17.8 Å². The fourth-order valence-corrected chi connectivity index (χ4v) is 5.87. The molecule has 0 spiro atoms. The van der Waals surface area contributed by atoms with Gasteiger partial charge in [-0.15, -0.1) is 0 Å². The quantitative estimate of drug-likeness (QED) is 0.432. The number of rotatable bonds is 7. The third-order valence-corrected chi connectivity index (χ3v) is 7.58. The van der Waals surface area contributed by atoms with Crippen LogP contribution in [0.3, 0.4) is 0 Å². The molecule has 29 heavy (non-hydrogen) atoms. The molecule has 0 bridgehead atoms. The zero-order chi connectivity index (χ0) is 20.1. The minimum Gasteiger partial charge on any atom is -0.490 e. The molecule has 2 aliphatic rings. The molecule has 0 heterocycles. The van der Waals surface area contributed by atoms with E-state index in [1.165, 1.54) is 68.6 Å². The van der Waals surface area contributed by atoms with Crippen LogP contribution in [0.5, 0.6) is 5.75 Å². The largest absolute Gasteiger partial charge is 0.490 e. The van der Waals surface area contributed by atoms with E-state index in [-0.39, 0.29) is 0 Å². The maximum absolute atomic E-state index is 5.81. The number of hydrogen-bond acceptors (Lipinski definition) is 1. The van der Waals surface area contributed by atoms with Crippen LogP contribution in [0.25, 0.3) is 10.8 Å². The van der Waals surface area contributed by atoms with E-state index in [1.54, 1.807) is 5.56 Å². The molecule has 0 amide bonds. The van der Waals surface area contributed by atoms with E-state index in [0.717, 1.165) is 29.4 Å². The average molecular weight is 391 g/mol. The van der Waals surface area contributed by atoms with Gasteiger partial charge in [0.15, 0.2) is 0 Å². The molecule has 2 fully saturated rings. The van der Waals surface area contributed by atoms with E-state index in [2.05, 4.69) is 43.3 Å². The second-order valence-corrected chi connectivity index (χ2v) is 9.50. The van der Waals surface area contributed by atoms with Crippen LogP contribution < -0.4 is 4.74 Å². The topological polar surface area (TPSA) is 9.23 Å². The van der Waals surface area contributed by atoms with Gasteiger partial charge in [0.2, 0.25) is 0 Å². The molecule has 4 atom stereocenters. The SMILES string of the molecule is CC=CCOc1ccc2cc(C3CCC4CC(CCCC)CCC4C3)ccc2c1. The van der Waals surface area contributed by atoms with Gasteiger partial charge in [-0.25, -0.2) is 0 Å². The van der Waals surface area contributed by atoms with Crippen molar-refractivity contribution >= 4 is 10.8 Å². The first-order chi connectivity index (χ1) is 14.3. The molecule has 0 aromatic heterocycles. The van der Waals surface area contributed by atoms with Gasteiger partial charge in [-0.3, -0.25) is 0 Å². The van der Waals surface area contributed by atoms with Crippen molar-refractivity contribution in [2.45, 2.75) is 77.6 Å². The Morgan fingerprint density at radius 3 is 2.59 bits per heavy atom. The molecule has 156 valence electrons. The van der Waals surface area contributed by atoms with Gasteiger partial charge in [-0.05, 0) is 91.2 Å². The first-order valence-electron chi connectivity index (χ1n) is 12.0. The molecule has 0 saturated heterocycles. The van der Waals surface area contributed by atoms with Gasteiger partial charge in [0.25, 0.3) is 0 Å². The number of allylic oxidation sites excluding steroid dienone is 1. The third kappa shape index (κ3) is 5.05. The molecular formula is C28H38O. The van der Waals surface area contributed by atoms with Crippen LogP contribution in [0.2, 0.25) is 0 Å². The van der Waals surface area contributed by atoms with Gasteiger partial charge >= 0.3 is 0 Å². The summed E-state index contributed by atoms with van der Waals surface area (Å²) in [6.45, 7) is 5.00. The molecule has 4 rings (SSSR count). The standard InChI is InChI=1S/C28H38O/c1-3-5-7-21-8-9-23-18-24(11-10-22(23)17-21)25-12-13-27-20-28(29-16-6-4-2)15-14-26(27)19-25/h4,6,12-15,19-24H,3,5,7-11,16-18H2,1-2H3. The zero-order valence-electron chi connectivity index (χ0n) is 18.4. The molecular weight excluding hydrogens is 352 g/mol. The van der Waals surface area contributed by atoms with Gasteiger partial charge in [0.05, 0.1) is 0 Å². The summed E-state index contributed by atoms with van der Waals surface area (Å²) in [5.74, 6) is 4.74. The molecule has 2 aliphatic carbocycles. The minimum absolute atomic E-state index is 0.643. The smallest absolute Gasteiger partial charge is 0.120 e. The Balaban J connectivity index is 1.39. The minimum atomic E-state index is 0.643. The van der Waals surface area contributed by atoms with E-state index in [0.29, 0.717) is 6.61 Å². The second kappa shape index (κ2) is 9.83. The van der Waals surface area contributed by atoms with Crippen molar-refractivity contribution in [3.63, 3.8) is 0 Å². The van der Waals surface area contributed by atoms with Crippen LogP contribution in [0.1, 0.15) is 83.1 Å². The Kier molecular flexibility index (Phi) is 6.95. The third-order valence-electron chi connectivity index (χ3n) is 7.58. The van der Waals surface area contributed by atoms with Crippen LogP contribution >= 0.6 is 0 Å². The van der Waals surface area contributed by atoms with Crippen molar-refractivity contribution in [1.82, 2.24) is 0 Å². The van der Waals surface area contributed by atoms with Gasteiger partial charge < -0.3 is 4.74 Å². The van der Waals surface area contributed by atoms with E-state index in [9.17, 15) is 0 Å². The summed E-state index contributed by atoms with van der Waals surface area (Å²) in [4.78, 5) is 0. The maximum Gasteiger partial charge on any atom is 0.120 e. The van der Waals surface area contributed by atoms with Gasteiger partial charge in [0.1, 0.15) is 12.4 Å². The average Bonchev–Trinajstić information content (AvgIpc) is 2.77. The Morgan fingerprint density at radius 1 is 0.931 bits per heavy atom. The van der Waals surface area contributed by atoms with Crippen LogP contribution in [0.4, 0.5) is 0 Å².